The zero-order chi connectivity index (χ0) is 19.4. The predicted octanol–water partition coefficient (Wildman–Crippen LogP) is 1.86. The van der Waals surface area contributed by atoms with Gasteiger partial charge in [-0.15, -0.1) is 0 Å². The SMILES string of the molecule is CC(C)CCc1ccc(S(=O)(=O)N2CCN(CC(=O)NC3CC3)CC2)cc1. The van der Waals surface area contributed by atoms with Crippen molar-refractivity contribution in [3.63, 3.8) is 0 Å². The molecule has 1 saturated heterocycles. The molecule has 7 heteroatoms. The summed E-state index contributed by atoms with van der Waals surface area (Å²) >= 11 is 0. The average Bonchev–Trinajstić information content (AvgIpc) is 3.44. The van der Waals surface area contributed by atoms with Gasteiger partial charge in [0, 0.05) is 32.2 Å². The first-order valence-electron chi connectivity index (χ1n) is 9.95. The fraction of sp³-hybridized carbons (Fsp3) is 0.650. The molecule has 0 radical (unpaired) electrons. The monoisotopic (exact) mass is 393 g/mol. The first kappa shape index (κ1) is 20.3. The lowest BCUT2D eigenvalue weighted by Crippen LogP contribution is -2.51. The normalized spacial score (nSPS) is 19.4. The quantitative estimate of drug-likeness (QED) is 0.732. The zero-order valence-electron chi connectivity index (χ0n) is 16.4. The second-order valence-corrected chi connectivity index (χ2v) is 10.0. The predicted molar refractivity (Wildman–Crippen MR) is 106 cm³/mol. The Kier molecular flexibility index (Phi) is 6.55. The van der Waals surface area contributed by atoms with E-state index in [-0.39, 0.29) is 5.91 Å². The molecule has 1 aromatic rings. The van der Waals surface area contributed by atoms with Gasteiger partial charge in [0.05, 0.1) is 11.4 Å². The third-order valence-electron chi connectivity index (χ3n) is 5.21. The Morgan fingerprint density at radius 2 is 1.74 bits per heavy atom. The highest BCUT2D eigenvalue weighted by molar-refractivity contribution is 7.89. The first-order chi connectivity index (χ1) is 12.8. The van der Waals surface area contributed by atoms with Crippen molar-refractivity contribution >= 4 is 15.9 Å². The standard InChI is InChI=1S/C20H31N3O3S/c1-16(2)3-4-17-5-9-19(10-6-17)27(25,26)23-13-11-22(12-14-23)15-20(24)21-18-7-8-18/h5-6,9-10,16,18H,3-4,7-8,11-15H2,1-2H3,(H,21,24). The van der Waals surface area contributed by atoms with Crippen LogP contribution in [0.5, 0.6) is 0 Å². The Bertz CT molecular complexity index is 734. The Labute approximate surface area is 163 Å². The smallest absolute Gasteiger partial charge is 0.243 e. The van der Waals surface area contributed by atoms with E-state index in [1.54, 1.807) is 12.1 Å². The van der Waals surface area contributed by atoms with E-state index in [0.29, 0.717) is 49.6 Å². The van der Waals surface area contributed by atoms with Crippen LogP contribution < -0.4 is 5.32 Å². The lowest BCUT2D eigenvalue weighted by atomic mass is 10.0. The number of nitrogens with zero attached hydrogens (tertiary/aromatic N) is 2. The molecule has 0 atom stereocenters. The van der Waals surface area contributed by atoms with Crippen molar-refractivity contribution in [3.05, 3.63) is 29.8 Å². The molecule has 3 rings (SSSR count). The van der Waals surface area contributed by atoms with Crippen molar-refractivity contribution in [2.45, 2.75) is 50.5 Å². The van der Waals surface area contributed by atoms with Gasteiger partial charge in [0.15, 0.2) is 0 Å². The summed E-state index contributed by atoms with van der Waals surface area (Å²) in [5, 5.41) is 2.98. The number of nitrogens with one attached hydrogen (secondary N) is 1. The molecule has 1 saturated carbocycles. The number of hydrogen-bond donors (Lipinski definition) is 1. The minimum atomic E-state index is -3.46. The Balaban J connectivity index is 1.52. The van der Waals surface area contributed by atoms with E-state index in [9.17, 15) is 13.2 Å². The third kappa shape index (κ3) is 5.77. The summed E-state index contributed by atoms with van der Waals surface area (Å²) in [5.74, 6) is 0.682. The van der Waals surface area contributed by atoms with Gasteiger partial charge in [0.25, 0.3) is 0 Å². The van der Waals surface area contributed by atoms with Crippen molar-refractivity contribution in [3.8, 4) is 0 Å². The number of hydrogen-bond acceptors (Lipinski definition) is 4. The third-order valence-corrected chi connectivity index (χ3v) is 7.13. The molecule has 0 aromatic heterocycles. The number of amides is 1. The van der Waals surface area contributed by atoms with Crippen LogP contribution in [0, 0.1) is 5.92 Å². The highest BCUT2D eigenvalue weighted by atomic mass is 32.2. The lowest BCUT2D eigenvalue weighted by molar-refractivity contribution is -0.122. The van der Waals surface area contributed by atoms with Crippen LogP contribution in [-0.2, 0) is 21.2 Å². The van der Waals surface area contributed by atoms with Crippen molar-refractivity contribution in [1.82, 2.24) is 14.5 Å². The second kappa shape index (κ2) is 8.71. The molecule has 1 heterocycles. The Morgan fingerprint density at radius 1 is 1.11 bits per heavy atom. The molecule has 0 bridgehead atoms. The first-order valence-corrected chi connectivity index (χ1v) is 11.4. The van der Waals surface area contributed by atoms with Gasteiger partial charge in [0.2, 0.25) is 15.9 Å². The molecule has 1 aliphatic heterocycles. The fourth-order valence-corrected chi connectivity index (χ4v) is 4.69. The number of carbonyl (C=O) groups is 1. The maximum atomic E-state index is 12.9. The molecule has 1 aromatic carbocycles. The highest BCUT2D eigenvalue weighted by Crippen LogP contribution is 2.20. The van der Waals surface area contributed by atoms with Gasteiger partial charge in [-0.3, -0.25) is 9.69 Å². The van der Waals surface area contributed by atoms with E-state index >= 15 is 0 Å². The zero-order valence-corrected chi connectivity index (χ0v) is 17.2. The largest absolute Gasteiger partial charge is 0.352 e. The van der Waals surface area contributed by atoms with Crippen molar-refractivity contribution < 1.29 is 13.2 Å². The molecule has 2 fully saturated rings. The molecule has 0 spiro atoms. The van der Waals surface area contributed by atoms with Gasteiger partial charge >= 0.3 is 0 Å². The van der Waals surface area contributed by atoms with Crippen LogP contribution in [0.4, 0.5) is 0 Å². The maximum absolute atomic E-state index is 12.9. The number of carbonyl (C=O) groups excluding carboxylic acids is 1. The van der Waals surface area contributed by atoms with Crippen molar-refractivity contribution in [2.75, 3.05) is 32.7 Å². The van der Waals surface area contributed by atoms with E-state index < -0.39 is 10.0 Å². The van der Waals surface area contributed by atoms with Crippen molar-refractivity contribution in [2.24, 2.45) is 5.92 Å². The summed E-state index contributed by atoms with van der Waals surface area (Å²) in [6.45, 7) is 6.76. The summed E-state index contributed by atoms with van der Waals surface area (Å²) in [7, 11) is -3.46. The van der Waals surface area contributed by atoms with Crippen molar-refractivity contribution in [1.29, 1.82) is 0 Å². The number of benzene rings is 1. The molecule has 1 amide bonds. The fourth-order valence-electron chi connectivity index (χ4n) is 3.26. The summed E-state index contributed by atoms with van der Waals surface area (Å²) in [5.41, 5.74) is 1.18. The maximum Gasteiger partial charge on any atom is 0.243 e. The molecule has 27 heavy (non-hydrogen) atoms. The number of piperazine rings is 1. The second-order valence-electron chi connectivity index (χ2n) is 8.10. The van der Waals surface area contributed by atoms with Crippen LogP contribution in [0.3, 0.4) is 0 Å². The van der Waals surface area contributed by atoms with Gasteiger partial charge in [-0.05, 0) is 49.3 Å². The molecule has 1 aliphatic carbocycles. The van der Waals surface area contributed by atoms with E-state index in [2.05, 4.69) is 19.2 Å². The van der Waals surface area contributed by atoms with Gasteiger partial charge in [-0.2, -0.15) is 4.31 Å². The molecule has 6 nitrogen and oxygen atoms in total. The number of sulfonamides is 1. The molecular weight excluding hydrogens is 362 g/mol. The Morgan fingerprint density at radius 3 is 2.30 bits per heavy atom. The summed E-state index contributed by atoms with van der Waals surface area (Å²) in [6.07, 6.45) is 4.23. The van der Waals surface area contributed by atoms with Crippen LogP contribution in [0.2, 0.25) is 0 Å². The number of rotatable bonds is 8. The Hall–Kier alpha value is -1.44. The topological polar surface area (TPSA) is 69.7 Å². The van der Waals surface area contributed by atoms with Gasteiger partial charge in [-0.1, -0.05) is 26.0 Å². The van der Waals surface area contributed by atoms with E-state index in [4.69, 9.17) is 0 Å². The molecule has 0 unspecified atom stereocenters. The summed E-state index contributed by atoms with van der Waals surface area (Å²) in [6, 6.07) is 7.66. The van der Waals surface area contributed by atoms with Crippen LogP contribution in [0.25, 0.3) is 0 Å². The molecular formula is C20H31N3O3S. The van der Waals surface area contributed by atoms with Crippen LogP contribution in [0.15, 0.2) is 29.2 Å². The van der Waals surface area contributed by atoms with Crippen LogP contribution in [-0.4, -0.2) is 62.3 Å². The average molecular weight is 394 g/mol. The number of aryl methyl sites for hydroxylation is 1. The van der Waals surface area contributed by atoms with E-state index in [1.165, 1.54) is 9.87 Å². The van der Waals surface area contributed by atoms with Crippen LogP contribution >= 0.6 is 0 Å². The van der Waals surface area contributed by atoms with Gasteiger partial charge in [-0.25, -0.2) is 8.42 Å². The summed E-state index contributed by atoms with van der Waals surface area (Å²) in [4.78, 5) is 14.3. The van der Waals surface area contributed by atoms with Gasteiger partial charge < -0.3 is 5.32 Å². The van der Waals surface area contributed by atoms with Crippen LogP contribution in [0.1, 0.15) is 38.7 Å². The molecule has 150 valence electrons. The lowest BCUT2D eigenvalue weighted by Gasteiger charge is -2.33. The summed E-state index contributed by atoms with van der Waals surface area (Å²) < 4.78 is 27.3. The minimum absolute atomic E-state index is 0.0470. The van der Waals surface area contributed by atoms with Gasteiger partial charge in [0.1, 0.15) is 0 Å². The molecule has 1 N–H and O–H groups in total. The van der Waals surface area contributed by atoms with E-state index in [0.717, 1.165) is 25.7 Å². The highest BCUT2D eigenvalue weighted by Gasteiger charge is 2.30. The minimum Gasteiger partial charge on any atom is -0.352 e. The molecule has 2 aliphatic rings. The van der Waals surface area contributed by atoms with E-state index in [1.807, 2.05) is 17.0 Å².